The zero-order chi connectivity index (χ0) is 19.1. The fourth-order valence-corrected chi connectivity index (χ4v) is 2.48. The van der Waals surface area contributed by atoms with Crippen LogP contribution in [0.1, 0.15) is 11.3 Å². The zero-order valence-electron chi connectivity index (χ0n) is 14.7. The van der Waals surface area contributed by atoms with Crippen molar-refractivity contribution in [2.24, 2.45) is 5.73 Å². The first kappa shape index (κ1) is 18.2. The Kier molecular flexibility index (Phi) is 5.84. The number of fused-ring (bicyclic) bond motifs is 1. The number of amides is 2. The number of carbonyl (C=O) groups is 2. The summed E-state index contributed by atoms with van der Waals surface area (Å²) < 4.78 is 7.13. The number of carbonyl (C=O) groups excluding carboxylic acids is 2. The molecule has 1 aromatic carbocycles. The summed E-state index contributed by atoms with van der Waals surface area (Å²) in [6.07, 6.45) is 7.74. The summed E-state index contributed by atoms with van der Waals surface area (Å²) in [5.74, 6) is -0.157. The highest BCUT2D eigenvalue weighted by Gasteiger charge is 2.02. The minimum atomic E-state index is -0.528. The van der Waals surface area contributed by atoms with E-state index in [-0.39, 0.29) is 12.5 Å². The van der Waals surface area contributed by atoms with Gasteiger partial charge in [0.05, 0.1) is 5.69 Å². The lowest BCUT2D eigenvalue weighted by molar-refractivity contribution is -0.120. The predicted molar refractivity (Wildman–Crippen MR) is 102 cm³/mol. The molecule has 0 aliphatic carbocycles. The van der Waals surface area contributed by atoms with Crippen LogP contribution in [0.4, 0.5) is 0 Å². The normalized spacial score (nSPS) is 11.0. The molecule has 138 valence electrons. The molecule has 0 aliphatic heterocycles. The highest BCUT2D eigenvalue weighted by atomic mass is 16.5. The summed E-state index contributed by atoms with van der Waals surface area (Å²) in [6.45, 7) is 0.344. The van der Waals surface area contributed by atoms with Crippen molar-refractivity contribution in [3.63, 3.8) is 0 Å². The van der Waals surface area contributed by atoms with Gasteiger partial charge in [0.2, 0.25) is 5.91 Å². The van der Waals surface area contributed by atoms with Crippen molar-refractivity contribution >= 4 is 23.5 Å². The summed E-state index contributed by atoms with van der Waals surface area (Å²) in [5.41, 5.74) is 7.69. The number of nitrogens with zero attached hydrogens (tertiary/aromatic N) is 2. The van der Waals surface area contributed by atoms with Gasteiger partial charge in [0.15, 0.2) is 6.61 Å². The van der Waals surface area contributed by atoms with Gasteiger partial charge in [-0.15, -0.1) is 0 Å². The molecule has 2 aromatic heterocycles. The number of nitrogens with one attached hydrogen (secondary N) is 1. The molecule has 0 radical (unpaired) electrons. The van der Waals surface area contributed by atoms with E-state index in [9.17, 15) is 9.59 Å². The molecule has 0 saturated heterocycles. The molecule has 3 rings (SSSR count). The Balaban J connectivity index is 1.45. The summed E-state index contributed by atoms with van der Waals surface area (Å²) in [7, 11) is 0. The van der Waals surface area contributed by atoms with Gasteiger partial charge in [0, 0.05) is 31.4 Å². The first-order valence-corrected chi connectivity index (χ1v) is 8.50. The van der Waals surface area contributed by atoms with Crippen LogP contribution in [0.2, 0.25) is 0 Å². The van der Waals surface area contributed by atoms with E-state index in [1.165, 1.54) is 6.08 Å². The first-order valence-electron chi connectivity index (χ1n) is 8.50. The Morgan fingerprint density at radius 1 is 1.19 bits per heavy atom. The fraction of sp³-hybridized carbons (Fsp3) is 0.150. The van der Waals surface area contributed by atoms with Crippen LogP contribution in [0.5, 0.6) is 5.75 Å². The summed E-state index contributed by atoms with van der Waals surface area (Å²) in [6, 6.07) is 12.8. The standard InChI is InChI=1S/C20H20N4O3/c21-18(25)14-27-17-7-4-15(5-8-17)6-9-20(26)22-11-10-16-13-24-12-2-1-3-19(24)23-16/h1-9,12-13H,10-11,14H2,(H2,21,25)(H,22,26)/b9-6+. The number of ether oxygens (including phenoxy) is 1. The molecular formula is C20H20N4O3. The molecular weight excluding hydrogens is 344 g/mol. The highest BCUT2D eigenvalue weighted by molar-refractivity contribution is 5.91. The van der Waals surface area contributed by atoms with Crippen molar-refractivity contribution in [1.82, 2.24) is 14.7 Å². The molecule has 3 aromatic rings. The summed E-state index contributed by atoms with van der Waals surface area (Å²) >= 11 is 0. The van der Waals surface area contributed by atoms with E-state index in [1.807, 2.05) is 35.0 Å². The number of pyridine rings is 1. The maximum absolute atomic E-state index is 11.9. The first-order chi connectivity index (χ1) is 13.1. The van der Waals surface area contributed by atoms with Crippen LogP contribution in [0, 0.1) is 0 Å². The largest absolute Gasteiger partial charge is 0.484 e. The third kappa shape index (κ3) is 5.43. The molecule has 2 heterocycles. The van der Waals surface area contributed by atoms with Gasteiger partial charge in [-0.05, 0) is 35.9 Å². The van der Waals surface area contributed by atoms with Crippen LogP contribution in [-0.2, 0) is 16.0 Å². The van der Waals surface area contributed by atoms with Crippen LogP contribution in [0.15, 0.2) is 60.9 Å². The van der Waals surface area contributed by atoms with Crippen LogP contribution >= 0.6 is 0 Å². The average molecular weight is 364 g/mol. The summed E-state index contributed by atoms with van der Waals surface area (Å²) in [4.78, 5) is 27.1. The lowest BCUT2D eigenvalue weighted by Crippen LogP contribution is -2.23. The molecule has 7 heteroatoms. The van der Waals surface area contributed by atoms with Gasteiger partial charge in [-0.2, -0.15) is 0 Å². The van der Waals surface area contributed by atoms with Gasteiger partial charge in [-0.1, -0.05) is 18.2 Å². The van der Waals surface area contributed by atoms with Crippen LogP contribution < -0.4 is 15.8 Å². The Bertz CT molecular complexity index is 928. The third-order valence-electron chi connectivity index (χ3n) is 3.78. The quantitative estimate of drug-likeness (QED) is 0.593. The second-order valence-electron chi connectivity index (χ2n) is 5.90. The van der Waals surface area contributed by atoms with Gasteiger partial charge in [-0.25, -0.2) is 4.98 Å². The molecule has 7 nitrogen and oxygen atoms in total. The number of benzene rings is 1. The van der Waals surface area contributed by atoms with Gasteiger partial charge in [0.25, 0.3) is 5.91 Å². The minimum Gasteiger partial charge on any atom is -0.484 e. The molecule has 2 amide bonds. The molecule has 0 fully saturated rings. The fourth-order valence-electron chi connectivity index (χ4n) is 2.48. The molecule has 0 bridgehead atoms. The number of rotatable bonds is 8. The van der Waals surface area contributed by atoms with Gasteiger partial charge in [0.1, 0.15) is 11.4 Å². The number of nitrogens with two attached hydrogens (primary N) is 1. The van der Waals surface area contributed by atoms with Gasteiger partial charge >= 0.3 is 0 Å². The molecule has 0 unspecified atom stereocenters. The van der Waals surface area contributed by atoms with Crippen LogP contribution in [0.25, 0.3) is 11.7 Å². The number of hydrogen-bond donors (Lipinski definition) is 2. The van der Waals surface area contributed by atoms with Crippen LogP contribution in [0.3, 0.4) is 0 Å². The highest BCUT2D eigenvalue weighted by Crippen LogP contribution is 2.13. The molecule has 27 heavy (non-hydrogen) atoms. The topological polar surface area (TPSA) is 98.7 Å². The summed E-state index contributed by atoms with van der Waals surface area (Å²) in [5, 5.41) is 2.84. The molecule has 0 spiro atoms. The van der Waals surface area contributed by atoms with E-state index < -0.39 is 5.91 Å². The van der Waals surface area contributed by atoms with Crippen molar-refractivity contribution in [3.8, 4) is 5.75 Å². The van der Waals surface area contributed by atoms with Gasteiger partial charge < -0.3 is 20.2 Å². The number of imidazole rings is 1. The van der Waals surface area contributed by atoms with E-state index in [0.717, 1.165) is 16.9 Å². The van der Waals surface area contributed by atoms with E-state index in [4.69, 9.17) is 10.5 Å². The Labute approximate surface area is 156 Å². The third-order valence-corrected chi connectivity index (χ3v) is 3.78. The molecule has 3 N–H and O–H groups in total. The molecule has 0 saturated carbocycles. The predicted octanol–water partition coefficient (Wildman–Crippen LogP) is 1.57. The monoisotopic (exact) mass is 364 g/mol. The lowest BCUT2D eigenvalue weighted by Gasteiger charge is -2.03. The van der Waals surface area contributed by atoms with Crippen molar-refractivity contribution in [1.29, 1.82) is 0 Å². The SMILES string of the molecule is NC(=O)COc1ccc(/C=C/C(=O)NCCc2cn3ccccc3n2)cc1. The Hall–Kier alpha value is -3.61. The number of aromatic nitrogens is 2. The maximum atomic E-state index is 11.9. The lowest BCUT2D eigenvalue weighted by atomic mass is 10.2. The average Bonchev–Trinajstić information content (AvgIpc) is 3.08. The molecule has 0 atom stereocenters. The Morgan fingerprint density at radius 2 is 2.00 bits per heavy atom. The number of primary amides is 1. The maximum Gasteiger partial charge on any atom is 0.255 e. The van der Waals surface area contributed by atoms with E-state index in [0.29, 0.717) is 18.7 Å². The zero-order valence-corrected chi connectivity index (χ0v) is 14.7. The Morgan fingerprint density at radius 3 is 2.74 bits per heavy atom. The van der Waals surface area contributed by atoms with Crippen molar-refractivity contribution in [2.45, 2.75) is 6.42 Å². The van der Waals surface area contributed by atoms with E-state index in [2.05, 4.69) is 10.3 Å². The van der Waals surface area contributed by atoms with E-state index >= 15 is 0 Å². The smallest absolute Gasteiger partial charge is 0.255 e. The second kappa shape index (κ2) is 8.66. The van der Waals surface area contributed by atoms with Crippen molar-refractivity contribution in [3.05, 3.63) is 72.2 Å². The van der Waals surface area contributed by atoms with Crippen molar-refractivity contribution in [2.75, 3.05) is 13.2 Å². The van der Waals surface area contributed by atoms with Crippen LogP contribution in [-0.4, -0.2) is 34.4 Å². The molecule has 0 aliphatic rings. The number of hydrogen-bond acceptors (Lipinski definition) is 4. The van der Waals surface area contributed by atoms with Crippen molar-refractivity contribution < 1.29 is 14.3 Å². The second-order valence-corrected chi connectivity index (χ2v) is 5.90. The van der Waals surface area contributed by atoms with Gasteiger partial charge in [-0.3, -0.25) is 9.59 Å². The van der Waals surface area contributed by atoms with E-state index in [1.54, 1.807) is 30.3 Å². The minimum absolute atomic E-state index is 0.163.